The van der Waals surface area contributed by atoms with Crippen LogP contribution >= 0.6 is 0 Å². The van der Waals surface area contributed by atoms with E-state index in [0.29, 0.717) is 5.69 Å². The normalized spacial score (nSPS) is 9.38. The minimum Gasteiger partial charge on any atom is -0.273 e. The molecular formula is C11H12N2O3. The molecule has 0 saturated carbocycles. The highest BCUT2D eigenvalue weighted by Gasteiger charge is 2.05. The summed E-state index contributed by atoms with van der Waals surface area (Å²) in [7, 11) is 0. The molecule has 1 rings (SSSR count). The van der Waals surface area contributed by atoms with Crippen LogP contribution in [0.4, 0.5) is 5.69 Å². The molecule has 5 nitrogen and oxygen atoms in total. The molecule has 0 unspecified atom stereocenters. The Kier molecular flexibility index (Phi) is 4.39. The molecule has 84 valence electrons. The van der Waals surface area contributed by atoms with Crippen LogP contribution in [-0.4, -0.2) is 12.0 Å². The molecule has 5 heteroatoms. The average Bonchev–Trinajstić information content (AvgIpc) is 2.22. The molecule has 1 aromatic rings. The molecule has 0 spiro atoms. The van der Waals surface area contributed by atoms with E-state index in [1.54, 1.807) is 12.1 Å². The predicted molar refractivity (Wildman–Crippen MR) is 57.6 cm³/mol. The van der Waals surface area contributed by atoms with Gasteiger partial charge in [-0.25, -0.2) is 10.3 Å². The Balaban J connectivity index is 2.84. The summed E-state index contributed by atoms with van der Waals surface area (Å²) in [6.07, 6.45) is 1.48. The number of carbonyl (C=O) groups is 1. The summed E-state index contributed by atoms with van der Waals surface area (Å²) in [4.78, 5) is 29.4. The van der Waals surface area contributed by atoms with Gasteiger partial charge in [-0.15, -0.1) is 0 Å². The molecule has 0 bridgehead atoms. The zero-order chi connectivity index (χ0) is 12.0. The summed E-state index contributed by atoms with van der Waals surface area (Å²) in [5.74, 6) is -0.283. The van der Waals surface area contributed by atoms with Crippen molar-refractivity contribution in [2.75, 3.05) is 0 Å². The van der Waals surface area contributed by atoms with Crippen LogP contribution in [0.15, 0.2) is 23.2 Å². The summed E-state index contributed by atoms with van der Waals surface area (Å²) < 4.78 is 0. The van der Waals surface area contributed by atoms with E-state index in [9.17, 15) is 9.59 Å². The van der Waals surface area contributed by atoms with Crippen LogP contribution in [-0.2, 0) is 21.0 Å². The van der Waals surface area contributed by atoms with E-state index < -0.39 is 0 Å². The molecule has 0 saturated heterocycles. The Morgan fingerprint density at radius 1 is 1.56 bits per heavy atom. The number of hydroxylamine groups is 1. The standard InChI is InChI=1S/C11H12N2O3/c1-8-4-3-5-11(12-7-14)10(8)6-16-13-9(2)15/h3-5H,6H2,1-2H3,(H,13,15). The van der Waals surface area contributed by atoms with E-state index in [4.69, 9.17) is 4.84 Å². The van der Waals surface area contributed by atoms with Gasteiger partial charge < -0.3 is 0 Å². The topological polar surface area (TPSA) is 67.8 Å². The lowest BCUT2D eigenvalue weighted by Gasteiger charge is -2.08. The van der Waals surface area contributed by atoms with Crippen LogP contribution in [0.3, 0.4) is 0 Å². The first-order valence-electron chi connectivity index (χ1n) is 4.70. The molecule has 1 amide bonds. The highest BCUT2D eigenvalue weighted by molar-refractivity contribution is 5.71. The van der Waals surface area contributed by atoms with Gasteiger partial charge in [-0.1, -0.05) is 12.1 Å². The first kappa shape index (κ1) is 12.1. The predicted octanol–water partition coefficient (Wildman–Crippen LogP) is 1.53. The number of rotatable bonds is 4. The van der Waals surface area contributed by atoms with Gasteiger partial charge in [0.05, 0.1) is 5.69 Å². The van der Waals surface area contributed by atoms with E-state index in [-0.39, 0.29) is 12.5 Å². The van der Waals surface area contributed by atoms with Crippen molar-refractivity contribution in [2.45, 2.75) is 20.5 Å². The minimum absolute atomic E-state index is 0.159. The number of amides is 1. The quantitative estimate of drug-likeness (QED) is 0.475. The third kappa shape index (κ3) is 3.31. The highest BCUT2D eigenvalue weighted by Crippen LogP contribution is 2.22. The number of aryl methyl sites for hydroxylation is 1. The van der Waals surface area contributed by atoms with Crippen LogP contribution in [0.25, 0.3) is 0 Å². The molecule has 1 N–H and O–H groups in total. The Bertz CT molecular complexity index is 437. The van der Waals surface area contributed by atoms with Gasteiger partial charge in [0, 0.05) is 12.5 Å². The minimum atomic E-state index is -0.283. The van der Waals surface area contributed by atoms with E-state index >= 15 is 0 Å². The van der Waals surface area contributed by atoms with Crippen molar-refractivity contribution in [1.82, 2.24) is 5.48 Å². The van der Waals surface area contributed by atoms with Crippen molar-refractivity contribution in [3.63, 3.8) is 0 Å². The van der Waals surface area contributed by atoms with Crippen molar-refractivity contribution >= 4 is 17.7 Å². The van der Waals surface area contributed by atoms with Crippen LogP contribution < -0.4 is 5.48 Å². The van der Waals surface area contributed by atoms with Gasteiger partial charge >= 0.3 is 0 Å². The fourth-order valence-electron chi connectivity index (χ4n) is 1.24. The molecule has 0 atom stereocenters. The van der Waals surface area contributed by atoms with Crippen LogP contribution in [0.5, 0.6) is 0 Å². The van der Waals surface area contributed by atoms with E-state index in [1.165, 1.54) is 13.0 Å². The van der Waals surface area contributed by atoms with E-state index in [0.717, 1.165) is 11.1 Å². The maximum Gasteiger partial charge on any atom is 0.240 e. The Hall–Kier alpha value is -1.97. The second-order valence-corrected chi connectivity index (χ2v) is 3.22. The highest BCUT2D eigenvalue weighted by atomic mass is 16.6. The fourth-order valence-corrected chi connectivity index (χ4v) is 1.24. The number of nitrogens with zero attached hydrogens (tertiary/aromatic N) is 1. The molecule has 0 aromatic heterocycles. The smallest absolute Gasteiger partial charge is 0.240 e. The lowest BCUT2D eigenvalue weighted by Crippen LogP contribution is -2.20. The number of aliphatic imine (C=N–C) groups is 1. The van der Waals surface area contributed by atoms with Crippen LogP contribution in [0.1, 0.15) is 18.1 Å². The summed E-state index contributed by atoms with van der Waals surface area (Å²) in [6, 6.07) is 5.34. The van der Waals surface area contributed by atoms with Gasteiger partial charge in [0.25, 0.3) is 0 Å². The molecule has 0 radical (unpaired) electrons. The maximum absolute atomic E-state index is 10.6. The molecule has 0 fully saturated rings. The van der Waals surface area contributed by atoms with E-state index in [2.05, 4.69) is 10.5 Å². The number of benzene rings is 1. The maximum atomic E-state index is 10.6. The Labute approximate surface area is 93.1 Å². The lowest BCUT2D eigenvalue weighted by molar-refractivity contribution is -0.132. The third-order valence-electron chi connectivity index (χ3n) is 1.98. The summed E-state index contributed by atoms with van der Waals surface area (Å²) in [6.45, 7) is 3.38. The molecular weight excluding hydrogens is 208 g/mol. The Morgan fingerprint density at radius 3 is 2.94 bits per heavy atom. The largest absolute Gasteiger partial charge is 0.273 e. The van der Waals surface area contributed by atoms with Crippen molar-refractivity contribution in [2.24, 2.45) is 4.99 Å². The van der Waals surface area contributed by atoms with Gasteiger partial charge in [0.15, 0.2) is 0 Å². The number of hydrogen-bond acceptors (Lipinski definition) is 4. The average molecular weight is 220 g/mol. The van der Waals surface area contributed by atoms with Crippen molar-refractivity contribution < 1.29 is 14.4 Å². The van der Waals surface area contributed by atoms with Gasteiger partial charge in [-0.05, 0) is 18.6 Å². The summed E-state index contributed by atoms with van der Waals surface area (Å²) >= 11 is 0. The third-order valence-corrected chi connectivity index (χ3v) is 1.98. The summed E-state index contributed by atoms with van der Waals surface area (Å²) in [5.41, 5.74) is 4.39. The van der Waals surface area contributed by atoms with Crippen LogP contribution in [0, 0.1) is 6.92 Å². The van der Waals surface area contributed by atoms with Crippen molar-refractivity contribution in [3.05, 3.63) is 29.3 Å². The first-order chi connectivity index (χ1) is 7.65. The zero-order valence-electron chi connectivity index (χ0n) is 9.11. The molecule has 1 aromatic carbocycles. The monoisotopic (exact) mass is 220 g/mol. The number of hydrogen-bond donors (Lipinski definition) is 1. The second-order valence-electron chi connectivity index (χ2n) is 3.22. The molecule has 16 heavy (non-hydrogen) atoms. The van der Waals surface area contributed by atoms with Crippen molar-refractivity contribution in [3.8, 4) is 0 Å². The SMILES string of the molecule is CC(=O)NOCc1c(C)cccc1N=C=O. The van der Waals surface area contributed by atoms with E-state index in [1.807, 2.05) is 13.0 Å². The van der Waals surface area contributed by atoms with Gasteiger partial charge in [-0.3, -0.25) is 9.63 Å². The Morgan fingerprint density at radius 2 is 2.31 bits per heavy atom. The van der Waals surface area contributed by atoms with Gasteiger partial charge in [0.2, 0.25) is 12.0 Å². The molecule has 0 heterocycles. The zero-order valence-corrected chi connectivity index (χ0v) is 9.11. The van der Waals surface area contributed by atoms with Crippen molar-refractivity contribution in [1.29, 1.82) is 0 Å². The fraction of sp³-hybridized carbons (Fsp3) is 0.273. The van der Waals surface area contributed by atoms with Gasteiger partial charge in [0.1, 0.15) is 6.61 Å². The summed E-state index contributed by atoms with van der Waals surface area (Å²) in [5, 5.41) is 0. The first-order valence-corrected chi connectivity index (χ1v) is 4.70. The molecule has 0 aliphatic heterocycles. The second kappa shape index (κ2) is 5.80. The number of isocyanates is 1. The lowest BCUT2D eigenvalue weighted by atomic mass is 10.1. The molecule has 0 aliphatic carbocycles. The van der Waals surface area contributed by atoms with Gasteiger partial charge in [-0.2, -0.15) is 4.99 Å². The molecule has 0 aliphatic rings. The van der Waals surface area contributed by atoms with Crippen LogP contribution in [0.2, 0.25) is 0 Å². The number of carbonyl (C=O) groups excluding carboxylic acids is 2. The number of nitrogens with one attached hydrogen (secondary N) is 1.